The van der Waals surface area contributed by atoms with Crippen LogP contribution >= 0.6 is 0 Å². The van der Waals surface area contributed by atoms with E-state index in [2.05, 4.69) is 10.5 Å². The van der Waals surface area contributed by atoms with Crippen LogP contribution < -0.4 is 19.6 Å². The predicted molar refractivity (Wildman–Crippen MR) is 90.7 cm³/mol. The third kappa shape index (κ3) is 3.75. The number of methoxy groups -OCH3 is 3. The molecule has 0 aliphatic carbocycles. The molecule has 0 saturated carbocycles. The van der Waals surface area contributed by atoms with Gasteiger partial charge in [-0.3, -0.25) is 5.43 Å². The quantitative estimate of drug-likeness (QED) is 0.599. The second kappa shape index (κ2) is 7.87. The monoisotopic (exact) mass is 330 g/mol. The van der Waals surface area contributed by atoms with Crippen molar-refractivity contribution in [1.82, 2.24) is 0 Å². The van der Waals surface area contributed by atoms with Crippen molar-refractivity contribution in [1.29, 1.82) is 0 Å². The van der Waals surface area contributed by atoms with Crippen molar-refractivity contribution >= 4 is 17.9 Å². The molecule has 0 unspecified atom stereocenters. The van der Waals surface area contributed by atoms with Crippen molar-refractivity contribution in [2.45, 2.75) is 0 Å². The van der Waals surface area contributed by atoms with Crippen LogP contribution in [0.2, 0.25) is 0 Å². The fourth-order valence-electron chi connectivity index (χ4n) is 2.09. The number of anilines is 1. The third-order valence-corrected chi connectivity index (χ3v) is 3.28. The van der Waals surface area contributed by atoms with Crippen molar-refractivity contribution < 1.29 is 24.1 Å². The number of aromatic carboxylic acids is 1. The van der Waals surface area contributed by atoms with E-state index in [0.29, 0.717) is 28.5 Å². The predicted octanol–water partition coefficient (Wildman–Crippen LogP) is 2.86. The lowest BCUT2D eigenvalue weighted by atomic mass is 10.2. The second-order valence-electron chi connectivity index (χ2n) is 4.67. The maximum Gasteiger partial charge on any atom is 0.337 e. The van der Waals surface area contributed by atoms with Gasteiger partial charge in [0.25, 0.3) is 0 Å². The van der Waals surface area contributed by atoms with Gasteiger partial charge in [0, 0.05) is 11.6 Å². The van der Waals surface area contributed by atoms with E-state index in [-0.39, 0.29) is 5.56 Å². The molecule has 0 atom stereocenters. The molecule has 126 valence electrons. The van der Waals surface area contributed by atoms with E-state index in [9.17, 15) is 4.79 Å². The fourth-order valence-corrected chi connectivity index (χ4v) is 2.09. The minimum Gasteiger partial charge on any atom is -0.496 e. The fraction of sp³-hybridized carbons (Fsp3) is 0.176. The molecule has 24 heavy (non-hydrogen) atoms. The molecule has 7 nitrogen and oxygen atoms in total. The van der Waals surface area contributed by atoms with Gasteiger partial charge in [0.2, 0.25) is 0 Å². The van der Waals surface area contributed by atoms with Gasteiger partial charge in [-0.2, -0.15) is 5.10 Å². The summed E-state index contributed by atoms with van der Waals surface area (Å²) in [5.41, 5.74) is 3.89. The maximum atomic E-state index is 11.2. The molecule has 7 heteroatoms. The van der Waals surface area contributed by atoms with Crippen LogP contribution in [0.5, 0.6) is 17.2 Å². The van der Waals surface area contributed by atoms with Crippen LogP contribution in [-0.2, 0) is 0 Å². The van der Waals surface area contributed by atoms with Crippen LogP contribution in [0, 0.1) is 0 Å². The van der Waals surface area contributed by atoms with Crippen LogP contribution in [0.4, 0.5) is 5.69 Å². The first-order valence-corrected chi connectivity index (χ1v) is 7.02. The number of hydrogen-bond acceptors (Lipinski definition) is 6. The van der Waals surface area contributed by atoms with Crippen LogP contribution in [-0.4, -0.2) is 38.6 Å². The molecule has 0 bridgehead atoms. The van der Waals surface area contributed by atoms with Gasteiger partial charge in [-0.15, -0.1) is 0 Å². The summed E-state index contributed by atoms with van der Waals surface area (Å²) in [5, 5.41) is 13.2. The number of benzene rings is 2. The number of nitrogens with one attached hydrogen (secondary N) is 1. The van der Waals surface area contributed by atoms with Crippen molar-refractivity contribution in [3.63, 3.8) is 0 Å². The molecule has 0 fully saturated rings. The highest BCUT2D eigenvalue weighted by Gasteiger charge is 2.11. The van der Waals surface area contributed by atoms with Gasteiger partial charge in [0.1, 0.15) is 5.75 Å². The van der Waals surface area contributed by atoms with Crippen LogP contribution in [0.3, 0.4) is 0 Å². The Labute approximate surface area is 139 Å². The summed E-state index contributed by atoms with van der Waals surface area (Å²) in [6, 6.07) is 9.90. The molecular formula is C17H18N2O5. The van der Waals surface area contributed by atoms with Crippen LogP contribution in [0.25, 0.3) is 0 Å². The standard InChI is InChI=1S/C17H18N2O5/c1-22-14-9-16(24-3)15(23-2)8-11(14)10-18-19-13-7-5-4-6-12(13)17(20)21/h4-10,19H,1-3H3,(H,20,21)/b18-10+. The summed E-state index contributed by atoms with van der Waals surface area (Å²) in [6.45, 7) is 0. The van der Waals surface area contributed by atoms with Gasteiger partial charge >= 0.3 is 5.97 Å². The number of hydrogen-bond donors (Lipinski definition) is 2. The molecule has 0 aliphatic heterocycles. The zero-order chi connectivity index (χ0) is 17.5. The van der Waals surface area contributed by atoms with E-state index >= 15 is 0 Å². The number of rotatable bonds is 7. The Morgan fingerprint density at radius 2 is 1.67 bits per heavy atom. The number of carboxylic acid groups (broad SMARTS) is 1. The Bertz CT molecular complexity index is 759. The van der Waals surface area contributed by atoms with E-state index in [1.54, 1.807) is 30.3 Å². The molecule has 0 aliphatic rings. The summed E-state index contributed by atoms with van der Waals surface area (Å²) in [7, 11) is 4.60. The Hall–Kier alpha value is -3.22. The third-order valence-electron chi connectivity index (χ3n) is 3.28. The molecule has 0 saturated heterocycles. The average molecular weight is 330 g/mol. The highest BCUT2D eigenvalue weighted by molar-refractivity contribution is 5.94. The van der Waals surface area contributed by atoms with Crippen LogP contribution in [0.1, 0.15) is 15.9 Å². The maximum absolute atomic E-state index is 11.2. The number of ether oxygens (including phenoxy) is 3. The van der Waals surface area contributed by atoms with Gasteiger partial charge in [-0.25, -0.2) is 4.79 Å². The van der Waals surface area contributed by atoms with Gasteiger partial charge in [0.05, 0.1) is 38.8 Å². The average Bonchev–Trinajstić information content (AvgIpc) is 2.61. The van der Waals surface area contributed by atoms with Crippen molar-refractivity contribution in [2.75, 3.05) is 26.8 Å². The first kappa shape index (κ1) is 17.1. The normalized spacial score (nSPS) is 10.5. The molecule has 2 rings (SSSR count). The van der Waals surface area contributed by atoms with Crippen LogP contribution in [0.15, 0.2) is 41.5 Å². The number of para-hydroxylation sites is 1. The number of carboxylic acids is 1. The lowest BCUT2D eigenvalue weighted by Gasteiger charge is -2.12. The molecule has 0 heterocycles. The first-order valence-electron chi connectivity index (χ1n) is 7.02. The Balaban J connectivity index is 2.28. The molecule has 2 aromatic rings. The zero-order valence-corrected chi connectivity index (χ0v) is 13.6. The number of nitrogens with zero attached hydrogens (tertiary/aromatic N) is 1. The topological polar surface area (TPSA) is 89.4 Å². The first-order chi connectivity index (χ1) is 11.6. The summed E-state index contributed by atoms with van der Waals surface area (Å²) in [4.78, 5) is 11.2. The van der Waals surface area contributed by atoms with E-state index in [0.717, 1.165) is 0 Å². The van der Waals surface area contributed by atoms with Crippen molar-refractivity contribution in [2.24, 2.45) is 5.10 Å². The Morgan fingerprint density at radius 1 is 1.04 bits per heavy atom. The smallest absolute Gasteiger partial charge is 0.337 e. The second-order valence-corrected chi connectivity index (χ2v) is 4.67. The van der Waals surface area contributed by atoms with E-state index in [1.165, 1.54) is 33.6 Å². The molecule has 0 amide bonds. The largest absolute Gasteiger partial charge is 0.496 e. The minimum atomic E-state index is -1.03. The molecule has 2 aromatic carbocycles. The van der Waals surface area contributed by atoms with Gasteiger partial charge in [-0.05, 0) is 18.2 Å². The zero-order valence-electron chi connectivity index (χ0n) is 13.6. The minimum absolute atomic E-state index is 0.133. The van der Waals surface area contributed by atoms with E-state index in [1.807, 2.05) is 0 Å². The van der Waals surface area contributed by atoms with E-state index in [4.69, 9.17) is 19.3 Å². The van der Waals surface area contributed by atoms with E-state index < -0.39 is 5.97 Å². The van der Waals surface area contributed by atoms with Gasteiger partial charge in [-0.1, -0.05) is 12.1 Å². The molecule has 0 spiro atoms. The summed E-state index contributed by atoms with van der Waals surface area (Å²) >= 11 is 0. The van der Waals surface area contributed by atoms with Crippen molar-refractivity contribution in [3.8, 4) is 17.2 Å². The highest BCUT2D eigenvalue weighted by Crippen LogP contribution is 2.33. The van der Waals surface area contributed by atoms with Gasteiger partial charge in [0.15, 0.2) is 11.5 Å². The Morgan fingerprint density at radius 3 is 2.29 bits per heavy atom. The number of carbonyl (C=O) groups is 1. The van der Waals surface area contributed by atoms with Crippen molar-refractivity contribution in [3.05, 3.63) is 47.5 Å². The molecule has 0 radical (unpaired) electrons. The number of hydrazone groups is 1. The molecule has 0 aromatic heterocycles. The molecular weight excluding hydrogens is 312 g/mol. The summed E-state index contributed by atoms with van der Waals surface area (Å²) in [6.07, 6.45) is 1.51. The summed E-state index contributed by atoms with van der Waals surface area (Å²) < 4.78 is 15.8. The summed E-state index contributed by atoms with van der Waals surface area (Å²) in [5.74, 6) is 0.586. The SMILES string of the molecule is COc1cc(OC)c(OC)cc1/C=N/Nc1ccccc1C(=O)O. The lowest BCUT2D eigenvalue weighted by molar-refractivity contribution is 0.0698. The van der Waals surface area contributed by atoms with Gasteiger partial charge < -0.3 is 19.3 Å². The molecule has 2 N–H and O–H groups in total. The lowest BCUT2D eigenvalue weighted by Crippen LogP contribution is -2.02. The highest BCUT2D eigenvalue weighted by atomic mass is 16.5. The Kier molecular flexibility index (Phi) is 5.62.